The number of carbonyl (C=O) groups is 1. The van der Waals surface area contributed by atoms with Crippen LogP contribution in [0, 0.1) is 23.6 Å². The van der Waals surface area contributed by atoms with E-state index in [0.717, 1.165) is 13.1 Å². The smallest absolute Gasteiger partial charge is 0.169 e. The summed E-state index contributed by atoms with van der Waals surface area (Å²) < 4.78 is 13.7. The third-order valence-corrected chi connectivity index (χ3v) is 3.37. The second-order valence-corrected chi connectivity index (χ2v) is 6.75. The zero-order chi connectivity index (χ0) is 16.0. The van der Waals surface area contributed by atoms with Gasteiger partial charge >= 0.3 is 0 Å². The summed E-state index contributed by atoms with van der Waals surface area (Å²) in [6, 6.07) is 6.24. The summed E-state index contributed by atoms with van der Waals surface area (Å²) in [4.78, 5) is 14.7. The lowest BCUT2D eigenvalue weighted by atomic mass is 9.97. The van der Waals surface area contributed by atoms with E-state index in [2.05, 4.69) is 32.6 Å². The summed E-state index contributed by atoms with van der Waals surface area (Å²) in [5.74, 6) is 0.387. The third-order valence-electron chi connectivity index (χ3n) is 3.37. The van der Waals surface area contributed by atoms with Crippen LogP contribution < -0.4 is 0 Å². The van der Waals surface area contributed by atoms with Gasteiger partial charge in [0.15, 0.2) is 5.78 Å². The molecule has 2 nitrogen and oxygen atoms in total. The molecule has 0 N–H and O–H groups in total. The molecular weight excluding hydrogens is 265 g/mol. The van der Waals surface area contributed by atoms with Crippen LogP contribution in [0.3, 0.4) is 0 Å². The van der Waals surface area contributed by atoms with Crippen molar-refractivity contribution in [3.05, 3.63) is 35.6 Å². The number of carbonyl (C=O) groups excluding carboxylic acids is 1. The summed E-state index contributed by atoms with van der Waals surface area (Å²) >= 11 is 0. The van der Waals surface area contributed by atoms with Crippen LogP contribution in [0.2, 0.25) is 0 Å². The molecule has 1 atom stereocenters. The number of nitrogens with zero attached hydrogens (tertiary/aromatic N) is 1. The summed E-state index contributed by atoms with van der Waals surface area (Å²) in [6.07, 6.45) is 0. The number of hydrogen-bond donors (Lipinski definition) is 0. The predicted octanol–water partition coefficient (Wildman–Crippen LogP) is 4.26. The number of benzene rings is 1. The van der Waals surface area contributed by atoms with Crippen LogP contribution in [0.15, 0.2) is 24.3 Å². The van der Waals surface area contributed by atoms with Crippen molar-refractivity contribution < 1.29 is 9.18 Å². The van der Waals surface area contributed by atoms with E-state index >= 15 is 0 Å². The first-order valence-corrected chi connectivity index (χ1v) is 7.82. The van der Waals surface area contributed by atoms with Crippen LogP contribution in [-0.2, 0) is 0 Å². The van der Waals surface area contributed by atoms with E-state index in [1.54, 1.807) is 18.2 Å². The van der Waals surface area contributed by atoms with E-state index in [-0.39, 0.29) is 17.3 Å². The van der Waals surface area contributed by atoms with Crippen molar-refractivity contribution in [2.45, 2.75) is 34.6 Å². The molecule has 0 bridgehead atoms. The highest BCUT2D eigenvalue weighted by Crippen LogP contribution is 2.15. The predicted molar refractivity (Wildman–Crippen MR) is 86.0 cm³/mol. The van der Waals surface area contributed by atoms with E-state index in [9.17, 15) is 9.18 Å². The standard InChI is InChI=1S/C18H28FNO/c1-13(2)10-20(11-14(3)4)12-15(5)18(21)16-8-6-7-9-17(16)19/h6-9,13-15H,10-12H2,1-5H3. The Balaban J connectivity index is 2.74. The van der Waals surface area contributed by atoms with E-state index in [0.29, 0.717) is 18.4 Å². The van der Waals surface area contributed by atoms with Crippen LogP contribution in [0.1, 0.15) is 45.0 Å². The van der Waals surface area contributed by atoms with Gasteiger partial charge in [0.1, 0.15) is 5.82 Å². The minimum atomic E-state index is -0.423. The van der Waals surface area contributed by atoms with Crippen LogP contribution >= 0.6 is 0 Å². The molecule has 0 fully saturated rings. The van der Waals surface area contributed by atoms with Gasteiger partial charge in [0.2, 0.25) is 0 Å². The molecular formula is C18H28FNO. The number of rotatable bonds is 8. The number of Topliss-reactive ketones (excluding diaryl/α,β-unsaturated/α-hetero) is 1. The molecule has 0 aliphatic heterocycles. The molecule has 0 amide bonds. The van der Waals surface area contributed by atoms with Gasteiger partial charge in [-0.25, -0.2) is 4.39 Å². The van der Waals surface area contributed by atoms with Gasteiger partial charge in [-0.1, -0.05) is 46.8 Å². The van der Waals surface area contributed by atoms with Crippen molar-refractivity contribution in [1.82, 2.24) is 4.90 Å². The first-order chi connectivity index (χ1) is 9.81. The lowest BCUT2D eigenvalue weighted by Crippen LogP contribution is -2.37. The minimum absolute atomic E-state index is 0.106. The molecule has 0 spiro atoms. The fourth-order valence-corrected chi connectivity index (χ4v) is 2.65. The third kappa shape index (κ3) is 5.96. The maximum atomic E-state index is 13.7. The van der Waals surface area contributed by atoms with Gasteiger partial charge in [0.05, 0.1) is 5.56 Å². The van der Waals surface area contributed by atoms with Crippen LogP contribution in [0.25, 0.3) is 0 Å². The molecule has 1 unspecified atom stereocenters. The monoisotopic (exact) mass is 293 g/mol. The normalized spacial score (nSPS) is 13.2. The fourth-order valence-electron chi connectivity index (χ4n) is 2.65. The van der Waals surface area contributed by atoms with Crippen molar-refractivity contribution in [1.29, 1.82) is 0 Å². The molecule has 0 aliphatic rings. The van der Waals surface area contributed by atoms with Crippen LogP contribution in [-0.4, -0.2) is 30.3 Å². The average molecular weight is 293 g/mol. The molecule has 0 saturated carbocycles. The molecule has 1 rings (SSSR count). The van der Waals surface area contributed by atoms with Crippen molar-refractivity contribution in [3.63, 3.8) is 0 Å². The highest BCUT2D eigenvalue weighted by Gasteiger charge is 2.21. The Morgan fingerprint density at radius 3 is 2.00 bits per heavy atom. The van der Waals surface area contributed by atoms with Crippen molar-refractivity contribution in [2.24, 2.45) is 17.8 Å². The Morgan fingerprint density at radius 1 is 1.00 bits per heavy atom. The molecule has 0 radical (unpaired) electrons. The zero-order valence-electron chi connectivity index (χ0n) is 13.9. The molecule has 1 aromatic carbocycles. The number of hydrogen-bond acceptors (Lipinski definition) is 2. The van der Waals surface area contributed by atoms with Crippen molar-refractivity contribution in [2.75, 3.05) is 19.6 Å². The van der Waals surface area contributed by atoms with Gasteiger partial charge in [0.25, 0.3) is 0 Å². The molecule has 0 aromatic heterocycles. The van der Waals surface area contributed by atoms with Crippen LogP contribution in [0.4, 0.5) is 4.39 Å². The Bertz CT molecular complexity index is 446. The van der Waals surface area contributed by atoms with Gasteiger partial charge in [-0.15, -0.1) is 0 Å². The summed E-state index contributed by atoms with van der Waals surface area (Å²) in [5.41, 5.74) is 0.207. The number of ketones is 1. The van der Waals surface area contributed by atoms with E-state index in [4.69, 9.17) is 0 Å². The Morgan fingerprint density at radius 2 is 1.52 bits per heavy atom. The molecule has 0 saturated heterocycles. The van der Waals surface area contributed by atoms with Crippen molar-refractivity contribution >= 4 is 5.78 Å². The Labute approximate surface area is 128 Å². The Hall–Kier alpha value is -1.22. The van der Waals surface area contributed by atoms with Gasteiger partial charge < -0.3 is 4.90 Å². The van der Waals surface area contributed by atoms with E-state index in [1.807, 2.05) is 6.92 Å². The first kappa shape index (κ1) is 17.8. The summed E-state index contributed by atoms with van der Waals surface area (Å²) in [7, 11) is 0. The quantitative estimate of drug-likeness (QED) is 0.668. The molecule has 21 heavy (non-hydrogen) atoms. The SMILES string of the molecule is CC(C)CN(CC(C)C)CC(C)C(=O)c1ccccc1F. The highest BCUT2D eigenvalue weighted by atomic mass is 19.1. The lowest BCUT2D eigenvalue weighted by molar-refractivity contribution is 0.0876. The topological polar surface area (TPSA) is 20.3 Å². The summed E-state index contributed by atoms with van der Waals surface area (Å²) in [6.45, 7) is 13.2. The molecule has 1 aromatic rings. The highest BCUT2D eigenvalue weighted by molar-refractivity contribution is 5.98. The van der Waals surface area contributed by atoms with Gasteiger partial charge in [-0.3, -0.25) is 4.79 Å². The fraction of sp³-hybridized carbons (Fsp3) is 0.611. The van der Waals surface area contributed by atoms with Gasteiger partial charge in [-0.2, -0.15) is 0 Å². The van der Waals surface area contributed by atoms with Crippen molar-refractivity contribution in [3.8, 4) is 0 Å². The second-order valence-electron chi connectivity index (χ2n) is 6.75. The maximum absolute atomic E-state index is 13.7. The van der Waals surface area contributed by atoms with Gasteiger partial charge in [-0.05, 0) is 24.0 Å². The first-order valence-electron chi connectivity index (χ1n) is 7.82. The molecule has 3 heteroatoms. The summed E-state index contributed by atoms with van der Waals surface area (Å²) in [5, 5.41) is 0. The Kier molecular flexibility index (Phi) is 7.03. The van der Waals surface area contributed by atoms with E-state index < -0.39 is 5.82 Å². The lowest BCUT2D eigenvalue weighted by Gasteiger charge is -2.28. The van der Waals surface area contributed by atoms with E-state index in [1.165, 1.54) is 6.07 Å². The second kappa shape index (κ2) is 8.28. The number of halogens is 1. The zero-order valence-corrected chi connectivity index (χ0v) is 13.9. The van der Waals surface area contributed by atoms with Crippen LogP contribution in [0.5, 0.6) is 0 Å². The van der Waals surface area contributed by atoms with Gasteiger partial charge in [0, 0.05) is 25.6 Å². The molecule has 0 heterocycles. The molecule has 118 valence electrons. The minimum Gasteiger partial charge on any atom is -0.302 e. The average Bonchev–Trinajstić information content (AvgIpc) is 2.36. The molecule has 0 aliphatic carbocycles. The largest absolute Gasteiger partial charge is 0.302 e. The maximum Gasteiger partial charge on any atom is 0.169 e.